The van der Waals surface area contributed by atoms with Crippen LogP contribution in [0.25, 0.3) is 0 Å². The first-order valence-corrected chi connectivity index (χ1v) is 11.4. The summed E-state index contributed by atoms with van der Waals surface area (Å²) in [6.45, 7) is 3.98. The van der Waals surface area contributed by atoms with E-state index in [1.54, 1.807) is 4.90 Å². The fraction of sp³-hybridized carbons (Fsp3) is 0.545. The molecule has 0 bridgehead atoms. The van der Waals surface area contributed by atoms with Crippen molar-refractivity contribution in [1.82, 2.24) is 30.0 Å². The summed E-state index contributed by atoms with van der Waals surface area (Å²) in [4.78, 5) is 38.5. The molecule has 0 aromatic carbocycles. The van der Waals surface area contributed by atoms with Crippen LogP contribution >= 0.6 is 0 Å². The SMILES string of the molecule is N#Cc1cnc(N2CCN(C(=O)CCN3CCCC(c4cc(C(F)(F)F)c(=O)[nH]n4)C3)CC2)nc1. The Balaban J connectivity index is 1.27. The van der Waals surface area contributed by atoms with Crippen LogP contribution in [0.5, 0.6) is 0 Å². The van der Waals surface area contributed by atoms with Crippen LogP contribution in [0.3, 0.4) is 0 Å². The van der Waals surface area contributed by atoms with Gasteiger partial charge in [0.25, 0.3) is 5.56 Å². The summed E-state index contributed by atoms with van der Waals surface area (Å²) < 4.78 is 39.3. The molecule has 0 saturated carbocycles. The molecule has 1 unspecified atom stereocenters. The molecule has 13 heteroatoms. The summed E-state index contributed by atoms with van der Waals surface area (Å²) in [6.07, 6.45) is -0.0454. The number of aromatic amines is 1. The minimum absolute atomic E-state index is 0.0223. The molecule has 4 heterocycles. The summed E-state index contributed by atoms with van der Waals surface area (Å²) in [7, 11) is 0. The summed E-state index contributed by atoms with van der Waals surface area (Å²) in [5.74, 6) is 0.307. The molecule has 2 aromatic heterocycles. The van der Waals surface area contributed by atoms with Gasteiger partial charge in [-0.05, 0) is 25.5 Å². The number of hydrogen-bond donors (Lipinski definition) is 1. The van der Waals surface area contributed by atoms with Gasteiger partial charge in [0, 0.05) is 51.6 Å². The van der Waals surface area contributed by atoms with Gasteiger partial charge in [-0.3, -0.25) is 9.59 Å². The van der Waals surface area contributed by atoms with Crippen molar-refractivity contribution in [3.05, 3.63) is 45.6 Å². The summed E-state index contributed by atoms with van der Waals surface area (Å²) in [5, 5.41) is 14.7. The van der Waals surface area contributed by atoms with E-state index in [0.717, 1.165) is 19.0 Å². The predicted molar refractivity (Wildman–Crippen MR) is 118 cm³/mol. The molecule has 2 aromatic rings. The van der Waals surface area contributed by atoms with E-state index < -0.39 is 17.3 Å². The molecule has 0 spiro atoms. The quantitative estimate of drug-likeness (QED) is 0.667. The maximum Gasteiger partial charge on any atom is 0.421 e. The third-order valence-electron chi connectivity index (χ3n) is 6.38. The molecule has 2 aliphatic heterocycles. The molecule has 186 valence electrons. The number of amides is 1. The number of carbonyl (C=O) groups is 1. The van der Waals surface area contributed by atoms with Crippen molar-refractivity contribution in [2.45, 2.75) is 31.4 Å². The van der Waals surface area contributed by atoms with Gasteiger partial charge in [0.15, 0.2) is 0 Å². The maximum atomic E-state index is 13.1. The van der Waals surface area contributed by atoms with Crippen LogP contribution < -0.4 is 10.5 Å². The van der Waals surface area contributed by atoms with Crippen LogP contribution in [-0.4, -0.2) is 81.7 Å². The molecule has 1 amide bonds. The maximum absolute atomic E-state index is 13.1. The number of nitrogens with zero attached hydrogens (tertiary/aromatic N) is 7. The largest absolute Gasteiger partial charge is 0.421 e. The average Bonchev–Trinajstić information content (AvgIpc) is 2.87. The number of anilines is 1. The Labute approximate surface area is 199 Å². The number of piperidine rings is 1. The minimum Gasteiger partial charge on any atom is -0.339 e. The van der Waals surface area contributed by atoms with Crippen molar-refractivity contribution < 1.29 is 18.0 Å². The molecule has 4 rings (SSSR count). The van der Waals surface area contributed by atoms with Gasteiger partial charge in [-0.1, -0.05) is 0 Å². The molecule has 2 fully saturated rings. The first kappa shape index (κ1) is 24.6. The third kappa shape index (κ3) is 5.94. The number of rotatable bonds is 5. The molecule has 35 heavy (non-hydrogen) atoms. The Hall–Kier alpha value is -3.53. The van der Waals surface area contributed by atoms with Crippen LogP contribution in [0.15, 0.2) is 23.3 Å². The summed E-state index contributed by atoms with van der Waals surface area (Å²) >= 11 is 0. The van der Waals surface area contributed by atoms with Crippen molar-refractivity contribution in [3.63, 3.8) is 0 Å². The lowest BCUT2D eigenvalue weighted by Crippen LogP contribution is -2.50. The van der Waals surface area contributed by atoms with E-state index in [9.17, 15) is 22.8 Å². The molecule has 2 aliphatic rings. The van der Waals surface area contributed by atoms with Crippen molar-refractivity contribution in [2.24, 2.45) is 0 Å². The van der Waals surface area contributed by atoms with Gasteiger partial charge in [-0.2, -0.15) is 23.5 Å². The average molecular weight is 490 g/mol. The number of halogens is 3. The van der Waals surface area contributed by atoms with Gasteiger partial charge in [0.1, 0.15) is 11.6 Å². The lowest BCUT2D eigenvalue weighted by molar-refractivity contribution is -0.139. The molecule has 0 aliphatic carbocycles. The Morgan fingerprint density at radius 3 is 2.54 bits per heavy atom. The van der Waals surface area contributed by atoms with E-state index in [4.69, 9.17) is 5.26 Å². The van der Waals surface area contributed by atoms with Gasteiger partial charge >= 0.3 is 6.18 Å². The van der Waals surface area contributed by atoms with Gasteiger partial charge < -0.3 is 14.7 Å². The van der Waals surface area contributed by atoms with Crippen LogP contribution in [0.2, 0.25) is 0 Å². The van der Waals surface area contributed by atoms with Gasteiger partial charge in [0.2, 0.25) is 11.9 Å². The van der Waals surface area contributed by atoms with Gasteiger partial charge in [-0.25, -0.2) is 15.1 Å². The zero-order valence-corrected chi connectivity index (χ0v) is 19.0. The van der Waals surface area contributed by atoms with Crippen LogP contribution in [0.4, 0.5) is 19.1 Å². The number of likely N-dealkylation sites (tertiary alicyclic amines) is 1. The van der Waals surface area contributed by atoms with Crippen molar-refractivity contribution >= 4 is 11.9 Å². The van der Waals surface area contributed by atoms with Crippen LogP contribution in [0.1, 0.15) is 42.0 Å². The zero-order valence-electron chi connectivity index (χ0n) is 19.0. The number of alkyl halides is 3. The monoisotopic (exact) mass is 490 g/mol. The Bertz CT molecular complexity index is 1140. The fourth-order valence-corrected chi connectivity index (χ4v) is 4.45. The Morgan fingerprint density at radius 1 is 1.17 bits per heavy atom. The zero-order chi connectivity index (χ0) is 25.0. The molecule has 1 N–H and O–H groups in total. The smallest absolute Gasteiger partial charge is 0.339 e. The van der Waals surface area contributed by atoms with Crippen LogP contribution in [-0.2, 0) is 11.0 Å². The van der Waals surface area contributed by atoms with E-state index in [1.165, 1.54) is 12.4 Å². The molecular weight excluding hydrogens is 465 g/mol. The molecular formula is C22H25F3N8O2. The molecule has 2 saturated heterocycles. The van der Waals surface area contributed by atoms with E-state index in [0.29, 0.717) is 63.6 Å². The number of H-pyrrole nitrogens is 1. The van der Waals surface area contributed by atoms with Gasteiger partial charge in [0.05, 0.1) is 23.7 Å². The van der Waals surface area contributed by atoms with Crippen molar-refractivity contribution in [3.8, 4) is 6.07 Å². The fourth-order valence-electron chi connectivity index (χ4n) is 4.45. The normalized spacial score (nSPS) is 19.4. The minimum atomic E-state index is -4.73. The van der Waals surface area contributed by atoms with E-state index in [1.807, 2.05) is 16.1 Å². The van der Waals surface area contributed by atoms with Crippen molar-refractivity contribution in [2.75, 3.05) is 50.7 Å². The molecule has 1 atom stereocenters. The number of nitrogens with one attached hydrogen (secondary N) is 1. The van der Waals surface area contributed by atoms with E-state index >= 15 is 0 Å². The number of nitriles is 1. The lowest BCUT2D eigenvalue weighted by Gasteiger charge is -2.36. The van der Waals surface area contributed by atoms with E-state index in [-0.39, 0.29) is 17.5 Å². The second kappa shape index (κ2) is 10.4. The molecule has 10 nitrogen and oxygen atoms in total. The Morgan fingerprint density at radius 2 is 1.89 bits per heavy atom. The first-order chi connectivity index (χ1) is 16.7. The highest BCUT2D eigenvalue weighted by Crippen LogP contribution is 2.30. The van der Waals surface area contributed by atoms with E-state index in [2.05, 4.69) is 20.0 Å². The number of carbonyl (C=O) groups excluding carboxylic acids is 1. The molecule has 0 radical (unpaired) electrons. The number of hydrogen-bond acceptors (Lipinski definition) is 8. The van der Waals surface area contributed by atoms with Crippen LogP contribution in [0, 0.1) is 11.3 Å². The first-order valence-electron chi connectivity index (χ1n) is 11.4. The standard InChI is InChI=1S/C22H25F3N8O2/c23-22(24,25)17-10-18(29-30-20(17)35)16-2-1-4-31(14-16)5-3-19(34)32-6-8-33(9-7-32)21-27-12-15(11-26)13-28-21/h10,12-13,16H,1-9,14H2,(H,30,35). The predicted octanol–water partition coefficient (Wildman–Crippen LogP) is 1.37. The topological polar surface area (TPSA) is 122 Å². The second-order valence-corrected chi connectivity index (χ2v) is 8.67. The summed E-state index contributed by atoms with van der Waals surface area (Å²) in [5.41, 5.74) is -1.88. The second-order valence-electron chi connectivity index (χ2n) is 8.67. The number of aromatic nitrogens is 4. The number of piperazine rings is 1. The van der Waals surface area contributed by atoms with Crippen molar-refractivity contribution in [1.29, 1.82) is 5.26 Å². The highest BCUT2D eigenvalue weighted by Gasteiger charge is 2.35. The Kier molecular flexibility index (Phi) is 7.30. The lowest BCUT2D eigenvalue weighted by atomic mass is 9.93. The highest BCUT2D eigenvalue weighted by atomic mass is 19.4. The third-order valence-corrected chi connectivity index (χ3v) is 6.38. The van der Waals surface area contributed by atoms with Gasteiger partial charge in [-0.15, -0.1) is 0 Å². The highest BCUT2D eigenvalue weighted by molar-refractivity contribution is 5.76. The summed E-state index contributed by atoms with van der Waals surface area (Å²) in [6, 6.07) is 2.82.